The molecule has 2 aromatic carbocycles. The number of ether oxygens (including phenoxy) is 2. The molecule has 4 aromatic rings. The average molecular weight is 473 g/mol. The highest BCUT2D eigenvalue weighted by Gasteiger charge is 2.20. The van der Waals surface area contributed by atoms with Gasteiger partial charge in [-0.15, -0.1) is 0 Å². The number of rotatable bonds is 6. The Bertz CT molecular complexity index is 1510. The van der Waals surface area contributed by atoms with E-state index in [9.17, 15) is 28.1 Å². The fraction of sp³-hybridized carbons (Fsp3) is 0.0952. The molecule has 10 nitrogen and oxygen atoms in total. The van der Waals surface area contributed by atoms with E-state index in [0.717, 1.165) is 28.8 Å². The second-order valence-electron chi connectivity index (χ2n) is 6.91. The highest BCUT2D eigenvalue weighted by Crippen LogP contribution is 2.33. The van der Waals surface area contributed by atoms with Gasteiger partial charge in [-0.05, 0) is 18.2 Å². The summed E-state index contributed by atoms with van der Waals surface area (Å²) in [5, 5.41) is 14.1. The number of nitro benzene ring substituents is 1. The summed E-state index contributed by atoms with van der Waals surface area (Å²) in [4.78, 5) is 31.2. The van der Waals surface area contributed by atoms with Gasteiger partial charge in [-0.1, -0.05) is 0 Å². The minimum absolute atomic E-state index is 0.0201. The monoisotopic (exact) mass is 473 g/mol. The van der Waals surface area contributed by atoms with E-state index >= 15 is 0 Å². The van der Waals surface area contributed by atoms with Crippen LogP contribution in [0, 0.1) is 27.6 Å². The summed E-state index contributed by atoms with van der Waals surface area (Å²) in [6, 6.07) is 5.71. The number of nitrogens with one attached hydrogen (secondary N) is 1. The number of aryl methyl sites for hydroxylation is 1. The molecule has 0 saturated heterocycles. The summed E-state index contributed by atoms with van der Waals surface area (Å²) >= 11 is 0. The van der Waals surface area contributed by atoms with Crippen molar-refractivity contribution < 1.29 is 27.6 Å². The molecule has 2 aromatic heterocycles. The molecular weight excluding hydrogens is 459 g/mol. The Hall–Kier alpha value is -4.68. The fourth-order valence-corrected chi connectivity index (χ4v) is 3.10. The van der Waals surface area contributed by atoms with E-state index < -0.39 is 33.6 Å². The van der Waals surface area contributed by atoms with E-state index in [4.69, 9.17) is 9.47 Å². The SMILES string of the molecule is COc1cc(F)c([N+](=O)[O-])cc1Nc1ncc2cc(Oc3ccc(F)cc3F)c(=O)n(C)c2n1. The van der Waals surface area contributed by atoms with Crippen molar-refractivity contribution >= 4 is 28.4 Å². The molecule has 2 heterocycles. The lowest BCUT2D eigenvalue weighted by molar-refractivity contribution is -0.387. The summed E-state index contributed by atoms with van der Waals surface area (Å²) in [7, 11) is 2.64. The third-order valence-electron chi connectivity index (χ3n) is 4.74. The van der Waals surface area contributed by atoms with Crippen molar-refractivity contribution in [2.24, 2.45) is 7.05 Å². The van der Waals surface area contributed by atoms with Crippen molar-refractivity contribution in [3.63, 3.8) is 0 Å². The topological polar surface area (TPSA) is 121 Å². The predicted molar refractivity (Wildman–Crippen MR) is 114 cm³/mol. The van der Waals surface area contributed by atoms with Gasteiger partial charge in [-0.25, -0.2) is 13.8 Å². The zero-order valence-electron chi connectivity index (χ0n) is 17.5. The molecule has 0 bridgehead atoms. The number of pyridine rings is 1. The molecule has 0 radical (unpaired) electrons. The molecule has 0 fully saturated rings. The normalized spacial score (nSPS) is 10.9. The Balaban J connectivity index is 1.72. The maximum atomic E-state index is 13.9. The number of fused-ring (bicyclic) bond motifs is 1. The van der Waals surface area contributed by atoms with Crippen molar-refractivity contribution in [2.45, 2.75) is 0 Å². The van der Waals surface area contributed by atoms with Crippen molar-refractivity contribution in [3.8, 4) is 17.2 Å². The Labute approximate surface area is 188 Å². The zero-order chi connectivity index (χ0) is 24.6. The number of methoxy groups -OCH3 is 1. The van der Waals surface area contributed by atoms with Crippen LogP contribution in [0.4, 0.5) is 30.5 Å². The fourth-order valence-electron chi connectivity index (χ4n) is 3.10. The largest absolute Gasteiger partial charge is 0.494 e. The van der Waals surface area contributed by atoms with Crippen LogP contribution in [0.25, 0.3) is 11.0 Å². The number of anilines is 2. The Morgan fingerprint density at radius 3 is 2.50 bits per heavy atom. The Morgan fingerprint density at radius 1 is 1.06 bits per heavy atom. The second-order valence-corrected chi connectivity index (χ2v) is 6.91. The van der Waals surface area contributed by atoms with Crippen molar-refractivity contribution in [1.29, 1.82) is 0 Å². The number of nitrogens with zero attached hydrogens (tertiary/aromatic N) is 4. The van der Waals surface area contributed by atoms with Gasteiger partial charge in [0.05, 0.1) is 17.7 Å². The van der Waals surface area contributed by atoms with Crippen LogP contribution in [-0.2, 0) is 7.05 Å². The summed E-state index contributed by atoms with van der Waals surface area (Å²) in [6.45, 7) is 0. The van der Waals surface area contributed by atoms with Gasteiger partial charge in [0.15, 0.2) is 17.3 Å². The van der Waals surface area contributed by atoms with Gasteiger partial charge in [-0.2, -0.15) is 9.37 Å². The minimum atomic E-state index is -1.08. The second kappa shape index (κ2) is 8.69. The maximum absolute atomic E-state index is 13.9. The maximum Gasteiger partial charge on any atom is 0.307 e. The summed E-state index contributed by atoms with van der Waals surface area (Å²) < 4.78 is 52.4. The number of halogens is 3. The van der Waals surface area contributed by atoms with Crippen LogP contribution in [0.15, 0.2) is 47.4 Å². The summed E-state index contributed by atoms with van der Waals surface area (Å²) in [5.41, 5.74) is -1.29. The molecule has 0 aliphatic rings. The highest BCUT2D eigenvalue weighted by atomic mass is 19.1. The first-order valence-electron chi connectivity index (χ1n) is 9.46. The lowest BCUT2D eigenvalue weighted by atomic mass is 10.2. The number of benzene rings is 2. The van der Waals surface area contributed by atoms with E-state index in [-0.39, 0.29) is 34.5 Å². The molecule has 13 heteroatoms. The number of hydrogen-bond acceptors (Lipinski definition) is 8. The molecule has 0 aliphatic heterocycles. The first kappa shape index (κ1) is 22.5. The van der Waals surface area contributed by atoms with Crippen LogP contribution in [-0.4, -0.2) is 26.6 Å². The quantitative estimate of drug-likeness (QED) is 0.327. The molecule has 0 atom stereocenters. The molecule has 0 aliphatic carbocycles. The Morgan fingerprint density at radius 2 is 1.82 bits per heavy atom. The van der Waals surface area contributed by atoms with Crippen LogP contribution in [0.3, 0.4) is 0 Å². The summed E-state index contributed by atoms with van der Waals surface area (Å²) in [5.74, 6) is -3.57. The van der Waals surface area contributed by atoms with Crippen molar-refractivity contribution in [3.05, 3.63) is 80.5 Å². The average Bonchev–Trinajstić information content (AvgIpc) is 2.80. The first-order valence-corrected chi connectivity index (χ1v) is 9.46. The standard InChI is InChI=1S/C21H14F3N5O5/c1-28-19-10(5-18(20(28)30)34-16-4-3-11(22)6-13(16)24)9-25-21(27-19)26-14-8-15(29(31)32)12(23)7-17(14)33-2/h3-9H,1-2H3,(H,25,26,27). The molecule has 34 heavy (non-hydrogen) atoms. The van der Waals surface area contributed by atoms with Gasteiger partial charge in [-0.3, -0.25) is 19.5 Å². The van der Waals surface area contributed by atoms with E-state index in [1.807, 2.05) is 0 Å². The lowest BCUT2D eigenvalue weighted by Gasteiger charge is -2.13. The number of aromatic nitrogens is 3. The first-order chi connectivity index (χ1) is 16.2. The number of nitro groups is 1. The third-order valence-corrected chi connectivity index (χ3v) is 4.74. The van der Waals surface area contributed by atoms with Crippen LogP contribution in [0.2, 0.25) is 0 Å². The van der Waals surface area contributed by atoms with Gasteiger partial charge in [0.1, 0.15) is 17.2 Å². The lowest BCUT2D eigenvalue weighted by Crippen LogP contribution is -2.19. The molecule has 0 amide bonds. The molecule has 0 saturated carbocycles. The molecule has 0 unspecified atom stereocenters. The van der Waals surface area contributed by atoms with Gasteiger partial charge in [0.2, 0.25) is 11.8 Å². The molecule has 0 spiro atoms. The zero-order valence-corrected chi connectivity index (χ0v) is 17.5. The smallest absolute Gasteiger partial charge is 0.307 e. The van der Waals surface area contributed by atoms with E-state index in [1.54, 1.807) is 0 Å². The number of hydrogen-bond donors (Lipinski definition) is 1. The predicted octanol–water partition coefficient (Wildman–Crippen LogP) is 4.20. The molecule has 4 rings (SSSR count). The van der Waals surface area contributed by atoms with Crippen molar-refractivity contribution in [1.82, 2.24) is 14.5 Å². The molecule has 174 valence electrons. The van der Waals surface area contributed by atoms with E-state index in [2.05, 4.69) is 15.3 Å². The Kier molecular flexibility index (Phi) is 5.75. The summed E-state index contributed by atoms with van der Waals surface area (Å²) in [6.07, 6.45) is 1.32. The molecular formula is C21H14F3N5O5. The highest BCUT2D eigenvalue weighted by molar-refractivity contribution is 5.78. The van der Waals surface area contributed by atoms with Crippen LogP contribution in [0.5, 0.6) is 17.2 Å². The minimum Gasteiger partial charge on any atom is -0.494 e. The van der Waals surface area contributed by atoms with Crippen LogP contribution >= 0.6 is 0 Å². The van der Waals surface area contributed by atoms with E-state index in [1.165, 1.54) is 26.4 Å². The van der Waals surface area contributed by atoms with Crippen LogP contribution in [0.1, 0.15) is 0 Å². The van der Waals surface area contributed by atoms with Crippen LogP contribution < -0.4 is 20.3 Å². The van der Waals surface area contributed by atoms with Crippen molar-refractivity contribution in [2.75, 3.05) is 12.4 Å². The van der Waals surface area contributed by atoms with Gasteiger partial charge in [0, 0.05) is 36.8 Å². The van der Waals surface area contributed by atoms with Gasteiger partial charge < -0.3 is 14.8 Å². The van der Waals surface area contributed by atoms with E-state index in [0.29, 0.717) is 11.5 Å². The third kappa shape index (κ3) is 4.18. The van der Waals surface area contributed by atoms with Gasteiger partial charge in [0.25, 0.3) is 5.56 Å². The molecule has 1 N–H and O–H groups in total. The van der Waals surface area contributed by atoms with Gasteiger partial charge >= 0.3 is 5.69 Å².